The molecule has 2 aromatic heterocycles. The van der Waals surface area contributed by atoms with Gasteiger partial charge < -0.3 is 11.1 Å². The molecule has 0 radical (unpaired) electrons. The normalized spacial score (nSPS) is 25.4. The van der Waals surface area contributed by atoms with Crippen LogP contribution < -0.4 is 11.1 Å². The van der Waals surface area contributed by atoms with E-state index in [2.05, 4.69) is 38.7 Å². The van der Waals surface area contributed by atoms with E-state index < -0.39 is 0 Å². The summed E-state index contributed by atoms with van der Waals surface area (Å²) in [5.41, 5.74) is 10.2. The number of nitrogens with zero attached hydrogens (tertiary/aromatic N) is 2. The van der Waals surface area contributed by atoms with E-state index in [1.54, 1.807) is 6.20 Å². The van der Waals surface area contributed by atoms with E-state index in [1.165, 1.54) is 32.1 Å². The predicted octanol–water partition coefficient (Wildman–Crippen LogP) is 4.20. The smallest absolute Gasteiger partial charge is 0.126 e. The van der Waals surface area contributed by atoms with Crippen molar-refractivity contribution >= 4 is 22.4 Å². The SMILES string of the molecule is Nc1cc(NC2CC3CCCC3C2)c2ccc(-c3ccn[nH]3)cc2n1. The highest BCUT2D eigenvalue weighted by molar-refractivity contribution is 5.95. The summed E-state index contributed by atoms with van der Waals surface area (Å²) in [4.78, 5) is 4.54. The number of anilines is 2. The lowest BCUT2D eigenvalue weighted by molar-refractivity contribution is 0.457. The minimum absolute atomic E-state index is 0.563. The lowest BCUT2D eigenvalue weighted by atomic mass is 10.0. The Morgan fingerprint density at radius 2 is 1.92 bits per heavy atom. The molecule has 4 N–H and O–H groups in total. The Labute approximate surface area is 147 Å². The Hall–Kier alpha value is -2.56. The monoisotopic (exact) mass is 333 g/mol. The molecule has 2 saturated carbocycles. The zero-order valence-electron chi connectivity index (χ0n) is 14.2. The molecule has 2 aliphatic carbocycles. The number of H-pyrrole nitrogens is 1. The summed E-state index contributed by atoms with van der Waals surface area (Å²) in [5, 5.41) is 11.9. The zero-order chi connectivity index (χ0) is 16.8. The van der Waals surface area contributed by atoms with Crippen LogP contribution in [0.1, 0.15) is 32.1 Å². The van der Waals surface area contributed by atoms with Crippen molar-refractivity contribution in [1.82, 2.24) is 15.2 Å². The van der Waals surface area contributed by atoms with Crippen molar-refractivity contribution < 1.29 is 0 Å². The minimum Gasteiger partial charge on any atom is -0.384 e. The lowest BCUT2D eigenvalue weighted by Gasteiger charge is -2.17. The van der Waals surface area contributed by atoms with Gasteiger partial charge in [0.05, 0.1) is 11.2 Å². The van der Waals surface area contributed by atoms with E-state index in [4.69, 9.17) is 5.73 Å². The zero-order valence-corrected chi connectivity index (χ0v) is 14.2. The van der Waals surface area contributed by atoms with Crippen LogP contribution in [0.5, 0.6) is 0 Å². The Bertz CT molecular complexity index is 890. The van der Waals surface area contributed by atoms with Crippen molar-refractivity contribution in [3.8, 4) is 11.3 Å². The maximum atomic E-state index is 6.09. The summed E-state index contributed by atoms with van der Waals surface area (Å²) in [6, 6.07) is 10.8. The number of pyridine rings is 1. The summed E-state index contributed by atoms with van der Waals surface area (Å²) < 4.78 is 0. The maximum Gasteiger partial charge on any atom is 0.126 e. The average molecular weight is 333 g/mol. The summed E-state index contributed by atoms with van der Waals surface area (Å²) in [7, 11) is 0. The topological polar surface area (TPSA) is 79.6 Å². The van der Waals surface area contributed by atoms with Gasteiger partial charge in [0.2, 0.25) is 0 Å². The van der Waals surface area contributed by atoms with Gasteiger partial charge in [-0.05, 0) is 36.8 Å². The fraction of sp³-hybridized carbons (Fsp3) is 0.400. The summed E-state index contributed by atoms with van der Waals surface area (Å²) >= 11 is 0. The molecule has 5 nitrogen and oxygen atoms in total. The quantitative estimate of drug-likeness (QED) is 0.671. The van der Waals surface area contributed by atoms with E-state index in [-0.39, 0.29) is 0 Å². The van der Waals surface area contributed by atoms with Gasteiger partial charge >= 0.3 is 0 Å². The molecule has 0 amide bonds. The third-order valence-electron chi connectivity index (χ3n) is 5.99. The van der Waals surface area contributed by atoms with Crippen LogP contribution in [0.2, 0.25) is 0 Å². The number of hydrogen-bond donors (Lipinski definition) is 3. The van der Waals surface area contributed by atoms with Crippen molar-refractivity contribution in [1.29, 1.82) is 0 Å². The van der Waals surface area contributed by atoms with Gasteiger partial charge in [0.15, 0.2) is 0 Å². The second kappa shape index (κ2) is 5.76. The van der Waals surface area contributed by atoms with Crippen LogP contribution in [-0.4, -0.2) is 21.2 Å². The third-order valence-corrected chi connectivity index (χ3v) is 5.99. The number of nitrogen functional groups attached to an aromatic ring is 1. The molecule has 0 bridgehead atoms. The van der Waals surface area contributed by atoms with Gasteiger partial charge in [-0.1, -0.05) is 31.4 Å². The highest BCUT2D eigenvalue weighted by Gasteiger charge is 2.37. The van der Waals surface area contributed by atoms with Crippen LogP contribution >= 0.6 is 0 Å². The van der Waals surface area contributed by atoms with Crippen molar-refractivity contribution in [2.24, 2.45) is 11.8 Å². The molecule has 3 aromatic rings. The molecule has 5 heteroatoms. The van der Waals surface area contributed by atoms with Gasteiger partial charge in [0, 0.05) is 34.9 Å². The molecule has 2 unspecified atom stereocenters. The van der Waals surface area contributed by atoms with Crippen molar-refractivity contribution in [3.05, 3.63) is 36.5 Å². The van der Waals surface area contributed by atoms with E-state index in [1.807, 2.05) is 12.1 Å². The van der Waals surface area contributed by atoms with E-state index in [0.29, 0.717) is 11.9 Å². The number of nitrogens with one attached hydrogen (secondary N) is 2. The Balaban J connectivity index is 1.48. The molecule has 1 aromatic carbocycles. The number of fused-ring (bicyclic) bond motifs is 2. The predicted molar refractivity (Wildman–Crippen MR) is 101 cm³/mol. The number of aromatic amines is 1. The van der Waals surface area contributed by atoms with Crippen LogP contribution in [0, 0.1) is 11.8 Å². The van der Waals surface area contributed by atoms with Crippen LogP contribution in [0.15, 0.2) is 36.5 Å². The first-order valence-corrected chi connectivity index (χ1v) is 9.23. The molecule has 0 saturated heterocycles. The molecule has 128 valence electrons. The van der Waals surface area contributed by atoms with Gasteiger partial charge in [-0.15, -0.1) is 0 Å². The van der Waals surface area contributed by atoms with Crippen LogP contribution in [0.4, 0.5) is 11.5 Å². The highest BCUT2D eigenvalue weighted by atomic mass is 15.1. The fourth-order valence-electron chi connectivity index (χ4n) is 4.85. The standard InChI is InChI=1S/C20H23N5/c21-20-11-19(23-15-8-12-2-1-3-13(12)9-15)16-5-4-14(10-18(16)24-20)17-6-7-22-25-17/h4-7,10-13,15H,1-3,8-9H2,(H,22,25)(H3,21,23,24). The lowest BCUT2D eigenvalue weighted by Crippen LogP contribution is -2.16. The Morgan fingerprint density at radius 3 is 2.68 bits per heavy atom. The first-order valence-electron chi connectivity index (χ1n) is 9.23. The third kappa shape index (κ3) is 2.64. The Morgan fingerprint density at radius 1 is 1.08 bits per heavy atom. The molecule has 2 heterocycles. The molecular weight excluding hydrogens is 310 g/mol. The second-order valence-corrected chi connectivity index (χ2v) is 7.56. The average Bonchev–Trinajstić information content (AvgIpc) is 3.31. The van der Waals surface area contributed by atoms with E-state index >= 15 is 0 Å². The molecular formula is C20H23N5. The van der Waals surface area contributed by atoms with Gasteiger partial charge in [0.25, 0.3) is 0 Å². The Kier molecular flexibility index (Phi) is 3.40. The first kappa shape index (κ1) is 14.8. The summed E-state index contributed by atoms with van der Waals surface area (Å²) in [5.74, 6) is 2.42. The molecule has 2 atom stereocenters. The highest BCUT2D eigenvalue weighted by Crippen LogP contribution is 2.45. The molecule has 25 heavy (non-hydrogen) atoms. The molecule has 2 fully saturated rings. The van der Waals surface area contributed by atoms with Gasteiger partial charge in [-0.25, -0.2) is 4.98 Å². The maximum absolute atomic E-state index is 6.09. The second-order valence-electron chi connectivity index (χ2n) is 7.56. The van der Waals surface area contributed by atoms with Crippen LogP contribution in [0.25, 0.3) is 22.2 Å². The molecule has 0 spiro atoms. The first-order chi connectivity index (χ1) is 12.3. The van der Waals surface area contributed by atoms with Crippen LogP contribution in [-0.2, 0) is 0 Å². The van der Waals surface area contributed by atoms with Crippen molar-refractivity contribution in [2.45, 2.75) is 38.1 Å². The van der Waals surface area contributed by atoms with E-state index in [0.717, 1.165) is 39.7 Å². The van der Waals surface area contributed by atoms with Gasteiger partial charge in [-0.2, -0.15) is 5.10 Å². The molecule has 0 aliphatic heterocycles. The van der Waals surface area contributed by atoms with Crippen molar-refractivity contribution in [2.75, 3.05) is 11.1 Å². The van der Waals surface area contributed by atoms with Crippen LogP contribution in [0.3, 0.4) is 0 Å². The number of aromatic nitrogens is 3. The van der Waals surface area contributed by atoms with Gasteiger partial charge in [0.1, 0.15) is 5.82 Å². The number of hydrogen-bond acceptors (Lipinski definition) is 4. The van der Waals surface area contributed by atoms with Crippen molar-refractivity contribution in [3.63, 3.8) is 0 Å². The van der Waals surface area contributed by atoms with Gasteiger partial charge in [-0.3, -0.25) is 5.10 Å². The molecule has 2 aliphatic rings. The number of nitrogens with two attached hydrogens (primary N) is 1. The summed E-state index contributed by atoms with van der Waals surface area (Å²) in [6.45, 7) is 0. The molecule has 5 rings (SSSR count). The number of benzene rings is 1. The number of rotatable bonds is 3. The van der Waals surface area contributed by atoms with E-state index in [9.17, 15) is 0 Å². The minimum atomic E-state index is 0.563. The fourth-order valence-corrected chi connectivity index (χ4v) is 4.85. The summed E-state index contributed by atoms with van der Waals surface area (Å²) in [6.07, 6.45) is 8.59. The largest absolute Gasteiger partial charge is 0.384 e.